The summed E-state index contributed by atoms with van der Waals surface area (Å²) in [6.45, 7) is 7.27. The second kappa shape index (κ2) is 6.90. The quantitative estimate of drug-likeness (QED) is 0.905. The van der Waals surface area contributed by atoms with Crippen molar-refractivity contribution in [3.63, 3.8) is 0 Å². The molecule has 4 nitrogen and oxygen atoms in total. The van der Waals surface area contributed by atoms with Crippen molar-refractivity contribution in [3.8, 4) is 11.5 Å². The minimum absolute atomic E-state index is 0.186. The fourth-order valence-electron chi connectivity index (χ4n) is 2.89. The van der Waals surface area contributed by atoms with Gasteiger partial charge in [-0.1, -0.05) is 6.07 Å². The SMILES string of the molecule is COc1ccc(C(CN)N2CCSC(C)(C)C2)c(OC)c1. The third-order valence-electron chi connectivity index (χ3n) is 3.92. The minimum atomic E-state index is 0.186. The molecule has 0 aromatic heterocycles. The monoisotopic (exact) mass is 310 g/mol. The Bertz CT molecular complexity index is 479. The molecule has 0 bridgehead atoms. The summed E-state index contributed by atoms with van der Waals surface area (Å²) in [6.07, 6.45) is 0. The fraction of sp³-hybridized carbons (Fsp3) is 0.625. The van der Waals surface area contributed by atoms with Crippen LogP contribution in [0.4, 0.5) is 0 Å². The van der Waals surface area contributed by atoms with Gasteiger partial charge in [-0.25, -0.2) is 0 Å². The molecule has 5 heteroatoms. The molecule has 2 N–H and O–H groups in total. The van der Waals surface area contributed by atoms with E-state index < -0.39 is 0 Å². The number of hydrogen-bond acceptors (Lipinski definition) is 5. The Balaban J connectivity index is 2.28. The van der Waals surface area contributed by atoms with Crippen molar-refractivity contribution in [1.82, 2.24) is 4.90 Å². The Morgan fingerprint density at radius 2 is 2.10 bits per heavy atom. The van der Waals surface area contributed by atoms with Gasteiger partial charge in [0.15, 0.2) is 0 Å². The van der Waals surface area contributed by atoms with E-state index >= 15 is 0 Å². The molecule has 1 heterocycles. The van der Waals surface area contributed by atoms with Crippen molar-refractivity contribution < 1.29 is 9.47 Å². The van der Waals surface area contributed by atoms with Crippen LogP contribution in [0, 0.1) is 0 Å². The molecule has 1 aliphatic heterocycles. The van der Waals surface area contributed by atoms with Crippen LogP contribution in [-0.2, 0) is 0 Å². The number of ether oxygens (including phenoxy) is 2. The van der Waals surface area contributed by atoms with Crippen LogP contribution in [0.5, 0.6) is 11.5 Å². The predicted octanol–water partition coefficient (Wildman–Crippen LogP) is 2.53. The molecule has 1 aromatic rings. The van der Waals surface area contributed by atoms with Crippen LogP contribution in [0.2, 0.25) is 0 Å². The molecular weight excluding hydrogens is 284 g/mol. The molecule has 118 valence electrons. The lowest BCUT2D eigenvalue weighted by molar-refractivity contribution is 0.189. The van der Waals surface area contributed by atoms with Gasteiger partial charge in [-0.3, -0.25) is 4.90 Å². The Morgan fingerprint density at radius 3 is 2.67 bits per heavy atom. The molecule has 21 heavy (non-hydrogen) atoms. The molecule has 1 aliphatic rings. The maximum Gasteiger partial charge on any atom is 0.127 e. The van der Waals surface area contributed by atoms with Gasteiger partial charge in [0, 0.05) is 41.8 Å². The summed E-state index contributed by atoms with van der Waals surface area (Å²) in [4.78, 5) is 2.47. The van der Waals surface area contributed by atoms with E-state index in [1.54, 1.807) is 14.2 Å². The molecule has 1 atom stereocenters. The van der Waals surface area contributed by atoms with Gasteiger partial charge < -0.3 is 15.2 Å². The van der Waals surface area contributed by atoms with Crippen LogP contribution < -0.4 is 15.2 Å². The molecule has 0 saturated carbocycles. The van der Waals surface area contributed by atoms with Gasteiger partial charge in [0.2, 0.25) is 0 Å². The van der Waals surface area contributed by atoms with Crippen LogP contribution in [-0.4, -0.2) is 49.3 Å². The summed E-state index contributed by atoms with van der Waals surface area (Å²) in [5.41, 5.74) is 7.23. The lowest BCUT2D eigenvalue weighted by atomic mass is 10.0. The Morgan fingerprint density at radius 1 is 1.33 bits per heavy atom. The molecule has 2 rings (SSSR count). The molecule has 0 spiro atoms. The average Bonchev–Trinajstić information content (AvgIpc) is 2.47. The van der Waals surface area contributed by atoms with E-state index in [0.29, 0.717) is 6.54 Å². The van der Waals surface area contributed by atoms with E-state index in [0.717, 1.165) is 35.9 Å². The number of thioether (sulfide) groups is 1. The fourth-order valence-corrected chi connectivity index (χ4v) is 4.02. The molecule has 0 aliphatic carbocycles. The lowest BCUT2D eigenvalue weighted by Crippen LogP contribution is -2.46. The van der Waals surface area contributed by atoms with E-state index in [-0.39, 0.29) is 10.8 Å². The van der Waals surface area contributed by atoms with Crippen molar-refractivity contribution in [3.05, 3.63) is 23.8 Å². The summed E-state index contributed by atoms with van der Waals surface area (Å²) in [7, 11) is 3.36. The van der Waals surface area contributed by atoms with Gasteiger partial charge in [-0.05, 0) is 19.9 Å². The molecular formula is C16H26N2O2S. The van der Waals surface area contributed by atoms with Crippen LogP contribution in [0.25, 0.3) is 0 Å². The lowest BCUT2D eigenvalue weighted by Gasteiger charge is -2.42. The van der Waals surface area contributed by atoms with Crippen LogP contribution in [0.1, 0.15) is 25.5 Å². The van der Waals surface area contributed by atoms with Gasteiger partial charge in [-0.15, -0.1) is 0 Å². The zero-order valence-electron chi connectivity index (χ0n) is 13.4. The summed E-state index contributed by atoms with van der Waals surface area (Å²) >= 11 is 2.03. The number of nitrogens with zero attached hydrogens (tertiary/aromatic N) is 1. The number of benzene rings is 1. The zero-order chi connectivity index (χ0) is 15.5. The number of nitrogens with two attached hydrogens (primary N) is 1. The Hall–Kier alpha value is -0.910. The first-order valence-corrected chi connectivity index (χ1v) is 8.29. The highest BCUT2D eigenvalue weighted by atomic mass is 32.2. The van der Waals surface area contributed by atoms with Gasteiger partial charge in [0.05, 0.1) is 20.3 Å². The highest BCUT2D eigenvalue weighted by molar-refractivity contribution is 8.00. The normalized spacial score (nSPS) is 20.0. The van der Waals surface area contributed by atoms with Gasteiger partial charge in [0.1, 0.15) is 11.5 Å². The van der Waals surface area contributed by atoms with Crippen molar-refractivity contribution in [2.75, 3.05) is 39.6 Å². The first-order chi connectivity index (χ1) is 10.0. The second-order valence-corrected chi connectivity index (χ2v) is 7.74. The molecule has 1 fully saturated rings. The topological polar surface area (TPSA) is 47.7 Å². The Labute approximate surface area is 132 Å². The van der Waals surface area contributed by atoms with Gasteiger partial charge in [0.25, 0.3) is 0 Å². The predicted molar refractivity (Wildman–Crippen MR) is 89.5 cm³/mol. The van der Waals surface area contributed by atoms with E-state index in [1.807, 2.05) is 23.9 Å². The largest absolute Gasteiger partial charge is 0.497 e. The highest BCUT2D eigenvalue weighted by Crippen LogP contribution is 2.37. The van der Waals surface area contributed by atoms with E-state index in [4.69, 9.17) is 15.2 Å². The van der Waals surface area contributed by atoms with E-state index in [1.165, 1.54) is 0 Å². The van der Waals surface area contributed by atoms with Crippen LogP contribution in [0.3, 0.4) is 0 Å². The van der Waals surface area contributed by atoms with Crippen molar-refractivity contribution in [1.29, 1.82) is 0 Å². The van der Waals surface area contributed by atoms with E-state index in [9.17, 15) is 0 Å². The minimum Gasteiger partial charge on any atom is -0.497 e. The third kappa shape index (κ3) is 3.84. The molecule has 0 amide bonds. The number of rotatable bonds is 5. The smallest absolute Gasteiger partial charge is 0.127 e. The zero-order valence-corrected chi connectivity index (χ0v) is 14.2. The third-order valence-corrected chi connectivity index (χ3v) is 5.22. The maximum absolute atomic E-state index is 6.08. The summed E-state index contributed by atoms with van der Waals surface area (Å²) in [5, 5.41) is 0. The van der Waals surface area contributed by atoms with Crippen molar-refractivity contribution >= 4 is 11.8 Å². The van der Waals surface area contributed by atoms with Crippen molar-refractivity contribution in [2.24, 2.45) is 5.73 Å². The van der Waals surface area contributed by atoms with Gasteiger partial charge in [-0.2, -0.15) is 11.8 Å². The molecule has 1 aromatic carbocycles. The highest BCUT2D eigenvalue weighted by Gasteiger charge is 2.32. The van der Waals surface area contributed by atoms with Crippen molar-refractivity contribution in [2.45, 2.75) is 24.6 Å². The maximum atomic E-state index is 6.08. The van der Waals surface area contributed by atoms with Crippen LogP contribution in [0.15, 0.2) is 18.2 Å². The van der Waals surface area contributed by atoms with E-state index in [2.05, 4.69) is 24.8 Å². The Kier molecular flexibility index (Phi) is 5.41. The standard InChI is InChI=1S/C16H26N2O2S/c1-16(2)11-18(7-8-21-16)14(10-17)13-6-5-12(19-3)9-15(13)20-4/h5-6,9,14H,7-8,10-11,17H2,1-4H3. The average molecular weight is 310 g/mol. The summed E-state index contributed by atoms with van der Waals surface area (Å²) in [5.74, 6) is 2.80. The van der Waals surface area contributed by atoms with Crippen LogP contribution >= 0.6 is 11.8 Å². The number of methoxy groups -OCH3 is 2. The molecule has 1 unspecified atom stereocenters. The number of hydrogen-bond donors (Lipinski definition) is 1. The molecule has 1 saturated heterocycles. The molecule has 0 radical (unpaired) electrons. The summed E-state index contributed by atoms with van der Waals surface area (Å²) < 4.78 is 11.1. The second-order valence-electron chi connectivity index (χ2n) is 5.94. The van der Waals surface area contributed by atoms with Gasteiger partial charge >= 0.3 is 0 Å². The summed E-state index contributed by atoms with van der Waals surface area (Å²) in [6, 6.07) is 6.17. The first kappa shape index (κ1) is 16.5. The first-order valence-electron chi connectivity index (χ1n) is 7.30.